The van der Waals surface area contributed by atoms with Gasteiger partial charge >= 0.3 is 0 Å². The Morgan fingerprint density at radius 3 is 2.67 bits per heavy atom. The van der Waals surface area contributed by atoms with Gasteiger partial charge in [0.05, 0.1) is 0 Å². The number of carbonyl (C=O) groups is 1. The number of hydrogen-bond acceptors (Lipinski definition) is 1. The van der Waals surface area contributed by atoms with Crippen LogP contribution in [0.4, 0.5) is 5.69 Å². The van der Waals surface area contributed by atoms with E-state index in [-0.39, 0.29) is 11.9 Å². The van der Waals surface area contributed by atoms with Crippen molar-refractivity contribution in [3.63, 3.8) is 0 Å². The van der Waals surface area contributed by atoms with Crippen molar-refractivity contribution in [2.45, 2.75) is 13.0 Å². The molecule has 3 aromatic rings. The van der Waals surface area contributed by atoms with Crippen LogP contribution in [0.25, 0.3) is 10.9 Å². The first-order valence-corrected chi connectivity index (χ1v) is 7.15. The van der Waals surface area contributed by atoms with E-state index in [1.54, 1.807) is 0 Å². The maximum absolute atomic E-state index is 12.4. The Morgan fingerprint density at radius 2 is 1.90 bits per heavy atom. The molecule has 0 fully saturated rings. The van der Waals surface area contributed by atoms with Crippen molar-refractivity contribution in [3.8, 4) is 0 Å². The predicted molar refractivity (Wildman–Crippen MR) is 86.7 cm³/mol. The molecule has 1 atom stereocenters. The molecule has 1 amide bonds. The zero-order valence-electron chi connectivity index (χ0n) is 11.6. The smallest absolute Gasteiger partial charge is 0.247 e. The van der Waals surface area contributed by atoms with E-state index in [4.69, 9.17) is 11.6 Å². The van der Waals surface area contributed by atoms with Crippen LogP contribution in [0, 0.1) is 0 Å². The van der Waals surface area contributed by atoms with E-state index in [9.17, 15) is 4.79 Å². The van der Waals surface area contributed by atoms with Crippen molar-refractivity contribution >= 4 is 34.1 Å². The van der Waals surface area contributed by atoms with Crippen LogP contribution in [0.3, 0.4) is 0 Å². The number of aromatic nitrogens is 1. The molecule has 3 rings (SSSR count). The van der Waals surface area contributed by atoms with Crippen LogP contribution in [-0.4, -0.2) is 10.5 Å². The van der Waals surface area contributed by atoms with Gasteiger partial charge in [-0.2, -0.15) is 0 Å². The molecule has 0 aliphatic carbocycles. The summed E-state index contributed by atoms with van der Waals surface area (Å²) in [6, 6.07) is 16.8. The van der Waals surface area contributed by atoms with Gasteiger partial charge in [-0.3, -0.25) is 4.79 Å². The number of fused-ring (bicyclic) bond motifs is 1. The SMILES string of the molecule is CC(C(=O)Nc1ccccc1)n1ccc2cc(Cl)ccc21. The average molecular weight is 299 g/mol. The van der Waals surface area contributed by atoms with Gasteiger partial charge in [0.2, 0.25) is 5.91 Å². The van der Waals surface area contributed by atoms with Crippen LogP contribution in [0.15, 0.2) is 60.8 Å². The van der Waals surface area contributed by atoms with Crippen LogP contribution >= 0.6 is 11.6 Å². The number of halogens is 1. The zero-order valence-corrected chi connectivity index (χ0v) is 12.3. The fourth-order valence-electron chi connectivity index (χ4n) is 2.37. The molecule has 0 radical (unpaired) electrons. The average Bonchev–Trinajstić information content (AvgIpc) is 2.90. The van der Waals surface area contributed by atoms with Crippen LogP contribution < -0.4 is 5.32 Å². The van der Waals surface area contributed by atoms with Crippen LogP contribution in [0.2, 0.25) is 5.02 Å². The molecule has 0 aliphatic rings. The molecule has 0 spiro atoms. The molecule has 21 heavy (non-hydrogen) atoms. The maximum Gasteiger partial charge on any atom is 0.247 e. The molecule has 4 heteroatoms. The largest absolute Gasteiger partial charge is 0.335 e. The molecule has 0 bridgehead atoms. The van der Waals surface area contributed by atoms with Gasteiger partial charge in [0.15, 0.2) is 0 Å². The van der Waals surface area contributed by atoms with E-state index in [2.05, 4.69) is 5.32 Å². The van der Waals surface area contributed by atoms with E-state index in [0.29, 0.717) is 5.02 Å². The van der Waals surface area contributed by atoms with Crippen molar-refractivity contribution in [3.05, 3.63) is 65.8 Å². The van der Waals surface area contributed by atoms with Gasteiger partial charge in [0.1, 0.15) is 6.04 Å². The second kappa shape index (κ2) is 5.62. The summed E-state index contributed by atoms with van der Waals surface area (Å²) in [6.07, 6.45) is 1.91. The molecule has 106 valence electrons. The number of hydrogen-bond donors (Lipinski definition) is 1. The van der Waals surface area contributed by atoms with Gasteiger partial charge in [0, 0.05) is 27.8 Å². The summed E-state index contributed by atoms with van der Waals surface area (Å²) in [7, 11) is 0. The fraction of sp³-hybridized carbons (Fsp3) is 0.118. The number of anilines is 1. The van der Waals surface area contributed by atoms with Crippen molar-refractivity contribution in [1.29, 1.82) is 0 Å². The summed E-state index contributed by atoms with van der Waals surface area (Å²) in [6.45, 7) is 1.88. The lowest BCUT2D eigenvalue weighted by atomic mass is 10.2. The first-order chi connectivity index (χ1) is 10.1. The standard InChI is InChI=1S/C17H15ClN2O/c1-12(17(21)19-15-5-3-2-4-6-15)20-10-9-13-11-14(18)7-8-16(13)20/h2-12H,1H3,(H,19,21). The second-order valence-corrected chi connectivity index (χ2v) is 5.39. The second-order valence-electron chi connectivity index (χ2n) is 4.96. The van der Waals surface area contributed by atoms with Gasteiger partial charge in [-0.05, 0) is 43.3 Å². The molecule has 1 aromatic heterocycles. The van der Waals surface area contributed by atoms with E-state index in [1.165, 1.54) is 0 Å². The third-order valence-corrected chi connectivity index (χ3v) is 3.76. The highest BCUT2D eigenvalue weighted by atomic mass is 35.5. The van der Waals surface area contributed by atoms with Crippen molar-refractivity contribution in [1.82, 2.24) is 4.57 Å². The lowest BCUT2D eigenvalue weighted by molar-refractivity contribution is -0.118. The highest BCUT2D eigenvalue weighted by Gasteiger charge is 2.16. The minimum atomic E-state index is -0.302. The Morgan fingerprint density at radius 1 is 1.14 bits per heavy atom. The van der Waals surface area contributed by atoms with Gasteiger partial charge in [-0.15, -0.1) is 0 Å². The van der Waals surface area contributed by atoms with Gasteiger partial charge in [0.25, 0.3) is 0 Å². The summed E-state index contributed by atoms with van der Waals surface area (Å²) in [4.78, 5) is 12.4. The number of nitrogens with zero attached hydrogens (tertiary/aromatic N) is 1. The summed E-state index contributed by atoms with van der Waals surface area (Å²) < 4.78 is 1.95. The Balaban J connectivity index is 1.86. The number of nitrogens with one attached hydrogen (secondary N) is 1. The van der Waals surface area contributed by atoms with Crippen LogP contribution in [-0.2, 0) is 4.79 Å². The monoisotopic (exact) mass is 298 g/mol. The normalized spacial score (nSPS) is 12.3. The number of para-hydroxylation sites is 1. The van der Waals surface area contributed by atoms with Crippen LogP contribution in [0.5, 0.6) is 0 Å². The predicted octanol–water partition coefficient (Wildman–Crippen LogP) is 4.49. The van der Waals surface area contributed by atoms with E-state index >= 15 is 0 Å². The molecule has 2 aromatic carbocycles. The third-order valence-electron chi connectivity index (χ3n) is 3.52. The molecule has 1 N–H and O–H groups in total. The highest BCUT2D eigenvalue weighted by molar-refractivity contribution is 6.31. The summed E-state index contributed by atoms with van der Waals surface area (Å²) in [5.41, 5.74) is 1.80. The molecular weight excluding hydrogens is 284 g/mol. The minimum Gasteiger partial charge on any atom is -0.335 e. The summed E-state index contributed by atoms with van der Waals surface area (Å²) >= 11 is 5.99. The molecular formula is C17H15ClN2O. The first-order valence-electron chi connectivity index (χ1n) is 6.77. The lowest BCUT2D eigenvalue weighted by Crippen LogP contribution is -2.23. The van der Waals surface area contributed by atoms with Gasteiger partial charge < -0.3 is 9.88 Å². The summed E-state index contributed by atoms with van der Waals surface area (Å²) in [5.74, 6) is -0.0475. The van der Waals surface area contributed by atoms with E-state index in [1.807, 2.05) is 72.3 Å². The Labute approximate surface area is 128 Å². The molecule has 0 saturated carbocycles. The number of amides is 1. The van der Waals surface area contributed by atoms with Crippen molar-refractivity contribution < 1.29 is 4.79 Å². The number of benzene rings is 2. The van der Waals surface area contributed by atoms with Crippen molar-refractivity contribution in [2.75, 3.05) is 5.32 Å². The number of carbonyl (C=O) groups excluding carboxylic acids is 1. The Hall–Kier alpha value is -2.26. The molecule has 0 aliphatic heterocycles. The third kappa shape index (κ3) is 2.78. The zero-order chi connectivity index (χ0) is 14.8. The van der Waals surface area contributed by atoms with Gasteiger partial charge in [-0.1, -0.05) is 29.8 Å². The molecule has 1 unspecified atom stereocenters. The topological polar surface area (TPSA) is 34.0 Å². The van der Waals surface area contributed by atoms with E-state index < -0.39 is 0 Å². The summed E-state index contributed by atoms with van der Waals surface area (Å²) in [5, 5.41) is 4.65. The molecule has 1 heterocycles. The van der Waals surface area contributed by atoms with Crippen molar-refractivity contribution in [2.24, 2.45) is 0 Å². The lowest BCUT2D eigenvalue weighted by Gasteiger charge is -2.15. The minimum absolute atomic E-state index is 0.0475. The number of rotatable bonds is 3. The fourth-order valence-corrected chi connectivity index (χ4v) is 2.55. The molecule has 0 saturated heterocycles. The Bertz CT molecular complexity index is 780. The highest BCUT2D eigenvalue weighted by Crippen LogP contribution is 2.24. The molecule has 3 nitrogen and oxygen atoms in total. The quantitative estimate of drug-likeness (QED) is 0.759. The van der Waals surface area contributed by atoms with Gasteiger partial charge in [-0.25, -0.2) is 0 Å². The van der Waals surface area contributed by atoms with E-state index in [0.717, 1.165) is 16.6 Å². The van der Waals surface area contributed by atoms with Crippen LogP contribution in [0.1, 0.15) is 13.0 Å². The first kappa shape index (κ1) is 13.7. The Kier molecular flexibility index (Phi) is 3.67. The maximum atomic E-state index is 12.4.